The quantitative estimate of drug-likeness (QED) is 0.846. The Morgan fingerprint density at radius 1 is 1.43 bits per heavy atom. The number of nitrogens with one attached hydrogen (secondary N) is 2. The number of carbonyl (C=O) groups excluding carboxylic acids is 1. The number of nitrogens with zero attached hydrogens (tertiary/aromatic N) is 1. The highest BCUT2D eigenvalue weighted by Gasteiger charge is 2.31. The molecule has 0 bridgehead atoms. The fraction of sp³-hybridized carbons (Fsp3) is 0.667. The fourth-order valence-corrected chi connectivity index (χ4v) is 3.12. The Kier molecular flexibility index (Phi) is 4.85. The molecule has 1 saturated heterocycles. The number of pyridine rings is 1. The molecule has 5 heteroatoms. The van der Waals surface area contributed by atoms with Crippen LogP contribution in [0.4, 0.5) is 5.82 Å². The highest BCUT2D eigenvalue weighted by atomic mass is 16.5. The third kappa shape index (κ3) is 4.44. The van der Waals surface area contributed by atoms with Crippen molar-refractivity contribution in [3.8, 4) is 0 Å². The summed E-state index contributed by atoms with van der Waals surface area (Å²) in [6, 6.07) is 4.11. The van der Waals surface area contributed by atoms with Crippen LogP contribution >= 0.6 is 0 Å². The lowest BCUT2D eigenvalue weighted by molar-refractivity contribution is 0.0874. The average molecular weight is 317 g/mol. The van der Waals surface area contributed by atoms with Crippen LogP contribution in [-0.4, -0.2) is 36.2 Å². The van der Waals surface area contributed by atoms with Crippen LogP contribution in [0.2, 0.25) is 0 Å². The van der Waals surface area contributed by atoms with Gasteiger partial charge in [-0.2, -0.15) is 0 Å². The van der Waals surface area contributed by atoms with E-state index in [1.54, 1.807) is 12.3 Å². The van der Waals surface area contributed by atoms with Gasteiger partial charge in [0.25, 0.3) is 5.91 Å². The minimum Gasteiger partial charge on any atom is -0.378 e. The van der Waals surface area contributed by atoms with Crippen molar-refractivity contribution >= 4 is 11.7 Å². The summed E-state index contributed by atoms with van der Waals surface area (Å²) in [6.45, 7) is 5.90. The molecule has 2 fully saturated rings. The van der Waals surface area contributed by atoms with E-state index in [1.807, 2.05) is 6.07 Å². The summed E-state index contributed by atoms with van der Waals surface area (Å²) in [5, 5.41) is 6.36. The first-order chi connectivity index (χ1) is 11.0. The fourth-order valence-electron chi connectivity index (χ4n) is 3.12. The molecule has 0 aromatic carbocycles. The molecule has 1 amide bonds. The van der Waals surface area contributed by atoms with Crippen molar-refractivity contribution in [1.82, 2.24) is 10.3 Å². The Balaban J connectivity index is 1.45. The normalized spacial score (nSPS) is 23.3. The third-order valence-corrected chi connectivity index (χ3v) is 4.72. The summed E-state index contributed by atoms with van der Waals surface area (Å²) in [5.41, 5.74) is 0.927. The van der Waals surface area contributed by atoms with Crippen molar-refractivity contribution in [2.45, 2.75) is 58.1 Å². The monoisotopic (exact) mass is 317 g/mol. The van der Waals surface area contributed by atoms with Crippen LogP contribution in [0.1, 0.15) is 56.3 Å². The third-order valence-electron chi connectivity index (χ3n) is 4.72. The molecule has 1 aliphatic carbocycles. The molecule has 2 heterocycles. The molecule has 1 aliphatic heterocycles. The highest BCUT2D eigenvalue weighted by Crippen LogP contribution is 2.32. The SMILES string of the molecule is CC1(C)COC(CCNC(=O)c2ccnc(NC3CCC3)c2)C1. The summed E-state index contributed by atoms with van der Waals surface area (Å²) in [7, 11) is 0. The molecule has 1 unspecified atom stereocenters. The Hall–Kier alpha value is -1.62. The first kappa shape index (κ1) is 16.2. The van der Waals surface area contributed by atoms with Gasteiger partial charge >= 0.3 is 0 Å². The lowest BCUT2D eigenvalue weighted by Gasteiger charge is -2.26. The highest BCUT2D eigenvalue weighted by molar-refractivity contribution is 5.94. The molecule has 0 radical (unpaired) electrons. The maximum absolute atomic E-state index is 12.3. The summed E-state index contributed by atoms with van der Waals surface area (Å²) >= 11 is 0. The van der Waals surface area contributed by atoms with Crippen LogP contribution < -0.4 is 10.6 Å². The first-order valence-electron chi connectivity index (χ1n) is 8.64. The van der Waals surface area contributed by atoms with Crippen LogP contribution in [0.3, 0.4) is 0 Å². The van der Waals surface area contributed by atoms with E-state index in [4.69, 9.17) is 4.74 Å². The summed E-state index contributed by atoms with van der Waals surface area (Å²) in [6.07, 6.45) is 7.54. The second kappa shape index (κ2) is 6.87. The van der Waals surface area contributed by atoms with Gasteiger partial charge in [-0.1, -0.05) is 13.8 Å². The molecule has 1 aromatic heterocycles. The molecular formula is C18H27N3O2. The van der Waals surface area contributed by atoms with E-state index >= 15 is 0 Å². The summed E-state index contributed by atoms with van der Waals surface area (Å²) in [5.74, 6) is 0.754. The second-order valence-electron chi connectivity index (χ2n) is 7.55. The molecule has 2 N–H and O–H groups in total. The Morgan fingerprint density at radius 3 is 2.91 bits per heavy atom. The molecule has 1 aromatic rings. The van der Waals surface area contributed by atoms with Crippen molar-refractivity contribution in [3.63, 3.8) is 0 Å². The molecule has 5 nitrogen and oxygen atoms in total. The minimum atomic E-state index is -0.0404. The van der Waals surface area contributed by atoms with Gasteiger partial charge in [-0.15, -0.1) is 0 Å². The zero-order valence-corrected chi connectivity index (χ0v) is 14.1. The van der Waals surface area contributed by atoms with E-state index in [0.717, 1.165) is 25.3 Å². The maximum Gasteiger partial charge on any atom is 0.251 e. The van der Waals surface area contributed by atoms with Gasteiger partial charge in [-0.05, 0) is 49.7 Å². The van der Waals surface area contributed by atoms with Gasteiger partial charge in [0.05, 0.1) is 12.7 Å². The Labute approximate surface area is 138 Å². The van der Waals surface area contributed by atoms with E-state index < -0.39 is 0 Å². The zero-order valence-electron chi connectivity index (χ0n) is 14.1. The predicted octanol–water partition coefficient (Wildman–Crippen LogP) is 2.98. The molecule has 23 heavy (non-hydrogen) atoms. The smallest absolute Gasteiger partial charge is 0.251 e. The number of carbonyl (C=O) groups is 1. The number of amides is 1. The number of hydrogen-bond acceptors (Lipinski definition) is 4. The Morgan fingerprint density at radius 2 is 2.26 bits per heavy atom. The van der Waals surface area contributed by atoms with Gasteiger partial charge in [0.1, 0.15) is 5.82 Å². The number of rotatable bonds is 6. The van der Waals surface area contributed by atoms with Crippen molar-refractivity contribution in [2.75, 3.05) is 18.5 Å². The summed E-state index contributed by atoms with van der Waals surface area (Å²) in [4.78, 5) is 16.6. The predicted molar refractivity (Wildman–Crippen MR) is 90.6 cm³/mol. The van der Waals surface area contributed by atoms with Crippen molar-refractivity contribution in [1.29, 1.82) is 0 Å². The van der Waals surface area contributed by atoms with Gasteiger partial charge in [0, 0.05) is 24.3 Å². The lowest BCUT2D eigenvalue weighted by Crippen LogP contribution is -2.29. The Bertz CT molecular complexity index is 555. The number of hydrogen-bond donors (Lipinski definition) is 2. The van der Waals surface area contributed by atoms with E-state index in [9.17, 15) is 4.79 Å². The first-order valence-corrected chi connectivity index (χ1v) is 8.64. The number of anilines is 1. The maximum atomic E-state index is 12.3. The minimum absolute atomic E-state index is 0.0404. The van der Waals surface area contributed by atoms with Gasteiger partial charge in [-0.25, -0.2) is 4.98 Å². The van der Waals surface area contributed by atoms with Crippen LogP contribution in [0.5, 0.6) is 0 Å². The van der Waals surface area contributed by atoms with E-state index in [2.05, 4.69) is 29.5 Å². The van der Waals surface area contributed by atoms with Crippen molar-refractivity contribution in [2.24, 2.45) is 5.41 Å². The van der Waals surface area contributed by atoms with E-state index in [0.29, 0.717) is 18.2 Å². The van der Waals surface area contributed by atoms with Gasteiger partial charge in [0.15, 0.2) is 0 Å². The second-order valence-corrected chi connectivity index (χ2v) is 7.55. The van der Waals surface area contributed by atoms with Crippen molar-refractivity contribution in [3.05, 3.63) is 23.9 Å². The molecule has 0 spiro atoms. The summed E-state index contributed by atoms with van der Waals surface area (Å²) < 4.78 is 5.77. The van der Waals surface area contributed by atoms with Crippen LogP contribution in [-0.2, 0) is 4.74 Å². The van der Waals surface area contributed by atoms with Gasteiger partial charge < -0.3 is 15.4 Å². The van der Waals surface area contributed by atoms with Crippen molar-refractivity contribution < 1.29 is 9.53 Å². The largest absolute Gasteiger partial charge is 0.378 e. The van der Waals surface area contributed by atoms with E-state index in [-0.39, 0.29) is 17.4 Å². The average Bonchev–Trinajstić information content (AvgIpc) is 2.82. The van der Waals surface area contributed by atoms with Crippen LogP contribution in [0.15, 0.2) is 18.3 Å². The topological polar surface area (TPSA) is 63.2 Å². The van der Waals surface area contributed by atoms with Crippen LogP contribution in [0.25, 0.3) is 0 Å². The molecule has 2 aliphatic rings. The number of aromatic nitrogens is 1. The standard InChI is InChI=1S/C18H27N3O2/c1-18(2)11-15(23-12-18)7-9-20-17(22)13-6-8-19-16(10-13)21-14-4-3-5-14/h6,8,10,14-15H,3-5,7,9,11-12H2,1-2H3,(H,19,21)(H,20,22). The van der Waals surface area contributed by atoms with E-state index in [1.165, 1.54) is 19.3 Å². The van der Waals surface area contributed by atoms with Crippen LogP contribution in [0, 0.1) is 5.41 Å². The molecule has 3 rings (SSSR count). The number of ether oxygens (including phenoxy) is 1. The molecule has 1 atom stereocenters. The van der Waals surface area contributed by atoms with Gasteiger partial charge in [0.2, 0.25) is 0 Å². The molecule has 1 saturated carbocycles. The lowest BCUT2D eigenvalue weighted by atomic mass is 9.90. The molecule has 126 valence electrons. The zero-order chi connectivity index (χ0) is 16.3. The van der Waals surface area contributed by atoms with Gasteiger partial charge in [-0.3, -0.25) is 4.79 Å². The molecular weight excluding hydrogens is 290 g/mol.